The van der Waals surface area contributed by atoms with Crippen molar-refractivity contribution < 1.29 is 79.2 Å². The van der Waals surface area contributed by atoms with E-state index in [1.807, 2.05) is 6.92 Å². The van der Waals surface area contributed by atoms with E-state index in [9.17, 15) is 55.5 Å². The van der Waals surface area contributed by atoms with Gasteiger partial charge in [0.2, 0.25) is 6.29 Å². The van der Waals surface area contributed by atoms with Crippen LogP contribution in [0.2, 0.25) is 0 Å². The Balaban J connectivity index is 1.02. The molecule has 16 nitrogen and oxygen atoms in total. The van der Waals surface area contributed by atoms with Gasteiger partial charge in [0.05, 0.1) is 17.6 Å². The number of rotatable bonds is 9. The number of aliphatic hydroxyl groups is 7. The van der Waals surface area contributed by atoms with Gasteiger partial charge in [-0.05, 0) is 110 Å². The van der Waals surface area contributed by atoms with Crippen LogP contribution in [0.5, 0.6) is 11.5 Å². The number of benzene rings is 1. The third-order valence-corrected chi connectivity index (χ3v) is 14.5. The number of phenolic OH excluding ortho intramolecular Hbond substituents is 2. The zero-order valence-corrected chi connectivity index (χ0v) is 32.2. The van der Waals surface area contributed by atoms with E-state index in [-0.39, 0.29) is 34.2 Å². The molecule has 16 unspecified atom stereocenters. The number of hydrogen-bond acceptors (Lipinski definition) is 16. The second kappa shape index (κ2) is 15.5. The van der Waals surface area contributed by atoms with Crippen LogP contribution in [0.15, 0.2) is 36.4 Å². The van der Waals surface area contributed by atoms with Gasteiger partial charge in [-0.25, -0.2) is 4.79 Å². The van der Waals surface area contributed by atoms with Crippen LogP contribution in [-0.2, 0) is 33.3 Å². The van der Waals surface area contributed by atoms with Crippen LogP contribution in [0.1, 0.15) is 77.2 Å². The standard InChI is InChI=1S/C41H56O16/c1-20-16-40-13-9-26-38(2,11-4-12-39(26,3)37(52)56-35-33(50)31(48)29(46)24(17-42)54-35)27(40)10-14-41(20,19-40)57-36-34(51)32(49)30(47)25(55-36)18-53-28(45)8-6-21-5-7-22(43)23(44)15-21/h5-8,15,24-27,29-36,42-44,46-51H,1,4,9-14,16-19H2,2-3H3. The summed E-state index contributed by atoms with van der Waals surface area (Å²) in [7, 11) is 0. The van der Waals surface area contributed by atoms with Gasteiger partial charge in [-0.1, -0.05) is 26.0 Å². The SMILES string of the molecule is C=C1CC23CCC4C(C)(C(=O)OC5OC(CO)C(O)C(O)C5O)CCCC4(C)C2CCC1(OC1OC(COC(=O)C=Cc2ccc(O)c(O)c2)C(O)C(O)C1O)C3. The third kappa shape index (κ3) is 7.19. The number of ether oxygens (including phenoxy) is 5. The number of hydrogen-bond donors (Lipinski definition) is 9. The number of fused-ring (bicyclic) bond motifs is 3. The number of aliphatic hydroxyl groups excluding tert-OH is 7. The van der Waals surface area contributed by atoms with Crippen LogP contribution in [0.25, 0.3) is 6.08 Å². The number of phenols is 2. The van der Waals surface area contributed by atoms with Gasteiger partial charge in [0.25, 0.3) is 0 Å². The summed E-state index contributed by atoms with van der Waals surface area (Å²) in [5, 5.41) is 92.6. The summed E-state index contributed by atoms with van der Waals surface area (Å²) in [4.78, 5) is 26.6. The van der Waals surface area contributed by atoms with Crippen molar-refractivity contribution in [3.8, 4) is 11.5 Å². The Bertz CT molecular complexity index is 1730. The van der Waals surface area contributed by atoms with Crippen molar-refractivity contribution in [1.29, 1.82) is 0 Å². The first-order chi connectivity index (χ1) is 26.9. The van der Waals surface area contributed by atoms with Crippen LogP contribution in [-0.4, -0.2) is 138 Å². The lowest BCUT2D eigenvalue weighted by Gasteiger charge is -2.64. The molecule has 2 bridgehead atoms. The third-order valence-electron chi connectivity index (χ3n) is 14.5. The van der Waals surface area contributed by atoms with E-state index in [1.165, 1.54) is 24.3 Å². The summed E-state index contributed by atoms with van der Waals surface area (Å²) in [6.45, 7) is 7.46. The molecule has 2 heterocycles. The molecule has 6 aliphatic rings. The fraction of sp³-hybridized carbons (Fsp3) is 0.707. The molecule has 16 heteroatoms. The first-order valence-corrected chi connectivity index (χ1v) is 19.8. The Labute approximate surface area is 330 Å². The maximum Gasteiger partial charge on any atom is 0.330 e. The van der Waals surface area contributed by atoms with Gasteiger partial charge in [0, 0.05) is 6.08 Å². The van der Waals surface area contributed by atoms with E-state index in [2.05, 4.69) is 13.5 Å². The second-order valence-electron chi connectivity index (χ2n) is 17.7. The number of carbonyl (C=O) groups is 2. The van der Waals surface area contributed by atoms with E-state index in [0.29, 0.717) is 44.1 Å². The highest BCUT2D eigenvalue weighted by molar-refractivity contribution is 5.87. The van der Waals surface area contributed by atoms with Crippen LogP contribution < -0.4 is 0 Å². The highest BCUT2D eigenvalue weighted by Gasteiger charge is 2.69. The quantitative estimate of drug-likeness (QED) is 0.0553. The molecule has 316 valence electrons. The molecule has 4 aliphatic carbocycles. The summed E-state index contributed by atoms with van der Waals surface area (Å²) >= 11 is 0. The minimum atomic E-state index is -1.70. The summed E-state index contributed by atoms with van der Waals surface area (Å²) < 4.78 is 29.2. The molecule has 9 N–H and O–H groups in total. The smallest absolute Gasteiger partial charge is 0.330 e. The van der Waals surface area contributed by atoms with Gasteiger partial charge in [0.1, 0.15) is 55.4 Å². The molecule has 2 saturated heterocycles. The maximum atomic E-state index is 14.1. The van der Waals surface area contributed by atoms with Gasteiger partial charge >= 0.3 is 11.9 Å². The van der Waals surface area contributed by atoms with Crippen LogP contribution in [0.4, 0.5) is 0 Å². The Hall–Kier alpha value is -3.16. The Morgan fingerprint density at radius 2 is 1.51 bits per heavy atom. The van der Waals surface area contributed by atoms with Crippen molar-refractivity contribution in [2.75, 3.05) is 13.2 Å². The van der Waals surface area contributed by atoms with Gasteiger partial charge in [-0.2, -0.15) is 0 Å². The van der Waals surface area contributed by atoms with E-state index in [1.54, 1.807) is 0 Å². The molecule has 1 spiro atoms. The second-order valence-corrected chi connectivity index (χ2v) is 17.7. The Kier molecular flexibility index (Phi) is 11.4. The molecule has 4 saturated carbocycles. The Morgan fingerprint density at radius 3 is 2.21 bits per heavy atom. The van der Waals surface area contributed by atoms with Gasteiger partial charge in [0.15, 0.2) is 17.8 Å². The average Bonchev–Trinajstić information content (AvgIpc) is 3.37. The molecule has 2 aliphatic heterocycles. The maximum absolute atomic E-state index is 14.1. The highest BCUT2D eigenvalue weighted by atomic mass is 16.7. The van der Waals surface area contributed by atoms with Gasteiger partial charge in [-0.3, -0.25) is 4.79 Å². The van der Waals surface area contributed by atoms with Gasteiger partial charge < -0.3 is 69.6 Å². The fourth-order valence-electron chi connectivity index (χ4n) is 11.6. The molecule has 16 atom stereocenters. The molecular weight excluding hydrogens is 748 g/mol. The van der Waals surface area contributed by atoms with Crippen molar-refractivity contribution in [2.24, 2.45) is 28.1 Å². The highest BCUT2D eigenvalue weighted by Crippen LogP contribution is 2.73. The summed E-state index contributed by atoms with van der Waals surface area (Å²) in [5.74, 6) is -1.98. The van der Waals surface area contributed by atoms with Crippen molar-refractivity contribution in [1.82, 2.24) is 0 Å². The average molecular weight is 805 g/mol. The largest absolute Gasteiger partial charge is 0.504 e. The lowest BCUT2D eigenvalue weighted by molar-refractivity contribution is -0.327. The van der Waals surface area contributed by atoms with Crippen LogP contribution in [0.3, 0.4) is 0 Å². The van der Waals surface area contributed by atoms with Gasteiger partial charge in [-0.15, -0.1) is 0 Å². The number of esters is 2. The van der Waals surface area contributed by atoms with Crippen LogP contribution >= 0.6 is 0 Å². The minimum absolute atomic E-state index is 0.0965. The zero-order valence-electron chi connectivity index (χ0n) is 32.2. The summed E-state index contributed by atoms with van der Waals surface area (Å²) in [6.07, 6.45) is -6.74. The lowest BCUT2D eigenvalue weighted by Crippen LogP contribution is -2.63. The van der Waals surface area contributed by atoms with Crippen molar-refractivity contribution in [3.05, 3.63) is 42.0 Å². The molecule has 7 rings (SSSR count). The topological polar surface area (TPSA) is 262 Å². The van der Waals surface area contributed by atoms with Crippen molar-refractivity contribution >= 4 is 18.0 Å². The molecule has 0 amide bonds. The fourth-order valence-corrected chi connectivity index (χ4v) is 11.6. The molecule has 0 radical (unpaired) electrons. The number of aromatic hydroxyl groups is 2. The van der Waals surface area contributed by atoms with Crippen LogP contribution in [0, 0.1) is 28.1 Å². The van der Waals surface area contributed by atoms with Crippen molar-refractivity contribution in [3.63, 3.8) is 0 Å². The molecule has 1 aromatic carbocycles. The normalized spacial score (nSPS) is 45.6. The first kappa shape index (κ1) is 42.0. The van der Waals surface area contributed by atoms with E-state index < -0.39 is 97.6 Å². The van der Waals surface area contributed by atoms with Crippen molar-refractivity contribution in [2.45, 2.75) is 139 Å². The van der Waals surface area contributed by atoms with E-state index in [4.69, 9.17) is 23.7 Å². The van der Waals surface area contributed by atoms with E-state index >= 15 is 0 Å². The molecule has 1 aromatic rings. The molecule has 6 fully saturated rings. The molecular formula is C41H56O16. The monoisotopic (exact) mass is 804 g/mol. The predicted octanol–water partition coefficient (Wildman–Crippen LogP) is 0.913. The van der Waals surface area contributed by atoms with E-state index in [0.717, 1.165) is 30.9 Å². The minimum Gasteiger partial charge on any atom is -0.504 e. The first-order valence-electron chi connectivity index (χ1n) is 19.8. The molecule has 0 aromatic heterocycles. The predicted molar refractivity (Wildman–Crippen MR) is 196 cm³/mol. The summed E-state index contributed by atoms with van der Waals surface area (Å²) in [5.41, 5.74) is -1.16. The lowest BCUT2D eigenvalue weighted by atomic mass is 9.41. The zero-order chi connectivity index (χ0) is 41.2. The Morgan fingerprint density at radius 1 is 0.842 bits per heavy atom. The molecule has 57 heavy (non-hydrogen) atoms. The number of carbonyl (C=O) groups excluding carboxylic acids is 2. The summed E-state index contributed by atoms with van der Waals surface area (Å²) in [6, 6.07) is 4.00.